The predicted molar refractivity (Wildman–Crippen MR) is 76.9 cm³/mol. The number of rotatable bonds is 7. The minimum Gasteiger partial charge on any atom is -0.497 e. The van der Waals surface area contributed by atoms with Crippen LogP contribution in [0.2, 0.25) is 0 Å². The Bertz CT molecular complexity index is 389. The molecule has 106 valence electrons. The molecule has 4 heteroatoms. The summed E-state index contributed by atoms with van der Waals surface area (Å²) >= 11 is 0. The maximum atomic E-state index is 12.2. The number of ether oxygens (including phenoxy) is 1. The van der Waals surface area contributed by atoms with E-state index in [0.717, 1.165) is 24.2 Å². The van der Waals surface area contributed by atoms with E-state index in [1.54, 1.807) is 7.11 Å². The largest absolute Gasteiger partial charge is 0.497 e. The second-order valence-electron chi connectivity index (χ2n) is 4.72. The summed E-state index contributed by atoms with van der Waals surface area (Å²) < 4.78 is 5.10. The van der Waals surface area contributed by atoms with Gasteiger partial charge in [-0.05, 0) is 30.5 Å². The lowest BCUT2D eigenvalue weighted by Crippen LogP contribution is -2.45. The van der Waals surface area contributed by atoms with Gasteiger partial charge in [-0.2, -0.15) is 0 Å². The summed E-state index contributed by atoms with van der Waals surface area (Å²) in [6, 6.07) is 7.66. The lowest BCUT2D eigenvalue weighted by molar-refractivity contribution is -0.131. The molecule has 0 saturated carbocycles. The Balaban J connectivity index is 2.62. The van der Waals surface area contributed by atoms with Crippen LogP contribution in [0.4, 0.5) is 0 Å². The summed E-state index contributed by atoms with van der Waals surface area (Å²) in [5.41, 5.74) is 6.37. The molecule has 1 amide bonds. The Kier molecular flexibility index (Phi) is 5.83. The molecule has 1 aromatic rings. The van der Waals surface area contributed by atoms with Crippen molar-refractivity contribution in [2.24, 2.45) is 11.1 Å². The number of carbonyl (C=O) groups is 1. The van der Waals surface area contributed by atoms with Gasteiger partial charge in [-0.25, -0.2) is 0 Å². The first-order chi connectivity index (χ1) is 9.11. The minimum atomic E-state index is -0.438. The molecule has 0 aliphatic rings. The van der Waals surface area contributed by atoms with Gasteiger partial charge in [0.2, 0.25) is 5.91 Å². The molecule has 0 aliphatic carbocycles. The van der Waals surface area contributed by atoms with E-state index in [4.69, 9.17) is 10.5 Å². The summed E-state index contributed by atoms with van der Waals surface area (Å²) in [6.07, 6.45) is 1.52. The van der Waals surface area contributed by atoms with Crippen LogP contribution in [0.3, 0.4) is 0 Å². The number of methoxy groups -OCH3 is 1. The molecule has 0 radical (unpaired) electrons. The highest BCUT2D eigenvalue weighted by molar-refractivity contribution is 5.82. The lowest BCUT2D eigenvalue weighted by atomic mass is 9.81. The van der Waals surface area contributed by atoms with Crippen LogP contribution in [0.25, 0.3) is 0 Å². The Labute approximate surface area is 115 Å². The van der Waals surface area contributed by atoms with Crippen LogP contribution >= 0.6 is 0 Å². The first-order valence-corrected chi connectivity index (χ1v) is 6.73. The molecular formula is C15H24N2O2. The van der Waals surface area contributed by atoms with Crippen molar-refractivity contribution in [1.29, 1.82) is 0 Å². The monoisotopic (exact) mass is 264 g/mol. The van der Waals surface area contributed by atoms with Gasteiger partial charge in [0.1, 0.15) is 5.75 Å². The van der Waals surface area contributed by atoms with Gasteiger partial charge in [0.15, 0.2) is 0 Å². The van der Waals surface area contributed by atoms with E-state index in [1.807, 2.05) is 38.1 Å². The van der Waals surface area contributed by atoms with Crippen LogP contribution in [0.15, 0.2) is 24.3 Å². The van der Waals surface area contributed by atoms with E-state index in [9.17, 15) is 4.79 Å². The molecule has 0 unspecified atom stereocenters. The first-order valence-electron chi connectivity index (χ1n) is 6.73. The van der Waals surface area contributed by atoms with E-state index in [2.05, 4.69) is 5.32 Å². The second kappa shape index (κ2) is 7.14. The van der Waals surface area contributed by atoms with Crippen LogP contribution in [0.1, 0.15) is 32.3 Å². The SMILES string of the molecule is CCC(CC)(CN)C(=O)NCc1ccc(OC)cc1. The van der Waals surface area contributed by atoms with Crippen molar-refractivity contribution in [3.8, 4) is 5.75 Å². The molecule has 0 aromatic heterocycles. The molecule has 1 rings (SSSR count). The fraction of sp³-hybridized carbons (Fsp3) is 0.533. The third-order valence-electron chi connectivity index (χ3n) is 3.84. The fourth-order valence-corrected chi connectivity index (χ4v) is 2.07. The third kappa shape index (κ3) is 3.70. The number of hydrogen-bond acceptors (Lipinski definition) is 3. The highest BCUT2D eigenvalue weighted by Gasteiger charge is 2.32. The number of amides is 1. The van der Waals surface area contributed by atoms with Gasteiger partial charge >= 0.3 is 0 Å². The van der Waals surface area contributed by atoms with Gasteiger partial charge in [-0.15, -0.1) is 0 Å². The maximum Gasteiger partial charge on any atom is 0.227 e. The second-order valence-corrected chi connectivity index (χ2v) is 4.72. The predicted octanol–water partition coefficient (Wildman–Crippen LogP) is 2.08. The minimum absolute atomic E-state index is 0.0378. The van der Waals surface area contributed by atoms with Crippen LogP contribution in [-0.2, 0) is 11.3 Å². The normalized spacial score (nSPS) is 11.2. The number of hydrogen-bond donors (Lipinski definition) is 2. The van der Waals surface area contributed by atoms with E-state index >= 15 is 0 Å². The van der Waals surface area contributed by atoms with Gasteiger partial charge in [-0.1, -0.05) is 26.0 Å². The van der Waals surface area contributed by atoms with Crippen LogP contribution < -0.4 is 15.8 Å². The Hall–Kier alpha value is -1.55. The average Bonchev–Trinajstić information content (AvgIpc) is 2.48. The molecule has 4 nitrogen and oxygen atoms in total. The van der Waals surface area contributed by atoms with Gasteiger partial charge < -0.3 is 15.8 Å². The highest BCUT2D eigenvalue weighted by atomic mass is 16.5. The standard InChI is InChI=1S/C15H24N2O2/c1-4-15(5-2,11-16)14(18)17-10-12-6-8-13(19-3)9-7-12/h6-9H,4-5,10-11,16H2,1-3H3,(H,17,18). The zero-order valence-corrected chi connectivity index (χ0v) is 12.0. The summed E-state index contributed by atoms with van der Waals surface area (Å²) in [5, 5.41) is 2.97. The van der Waals surface area contributed by atoms with Crippen molar-refractivity contribution in [2.45, 2.75) is 33.2 Å². The molecule has 3 N–H and O–H groups in total. The maximum absolute atomic E-state index is 12.2. The highest BCUT2D eigenvalue weighted by Crippen LogP contribution is 2.25. The molecule has 0 atom stereocenters. The quantitative estimate of drug-likeness (QED) is 0.792. The zero-order valence-electron chi connectivity index (χ0n) is 12.0. The van der Waals surface area contributed by atoms with Crippen molar-refractivity contribution in [2.75, 3.05) is 13.7 Å². The van der Waals surface area contributed by atoms with Gasteiger partial charge in [-0.3, -0.25) is 4.79 Å². The topological polar surface area (TPSA) is 64.4 Å². The third-order valence-corrected chi connectivity index (χ3v) is 3.84. The molecule has 0 saturated heterocycles. The number of benzene rings is 1. The van der Waals surface area contributed by atoms with Crippen molar-refractivity contribution in [1.82, 2.24) is 5.32 Å². The Morgan fingerprint density at radius 2 is 1.84 bits per heavy atom. The number of carbonyl (C=O) groups excluding carboxylic acids is 1. The van der Waals surface area contributed by atoms with Crippen molar-refractivity contribution < 1.29 is 9.53 Å². The number of nitrogens with one attached hydrogen (secondary N) is 1. The molecular weight excluding hydrogens is 240 g/mol. The smallest absolute Gasteiger partial charge is 0.227 e. The van der Waals surface area contributed by atoms with Crippen molar-refractivity contribution in [3.05, 3.63) is 29.8 Å². The van der Waals surface area contributed by atoms with Gasteiger partial charge in [0.05, 0.1) is 12.5 Å². The molecule has 19 heavy (non-hydrogen) atoms. The van der Waals surface area contributed by atoms with Gasteiger partial charge in [0, 0.05) is 13.1 Å². The summed E-state index contributed by atoms with van der Waals surface area (Å²) in [5.74, 6) is 0.851. The molecule has 0 fully saturated rings. The van der Waals surface area contributed by atoms with E-state index in [1.165, 1.54) is 0 Å². The van der Waals surface area contributed by atoms with Crippen molar-refractivity contribution >= 4 is 5.91 Å². The van der Waals surface area contributed by atoms with E-state index in [-0.39, 0.29) is 5.91 Å². The Morgan fingerprint density at radius 1 is 1.26 bits per heavy atom. The zero-order chi connectivity index (χ0) is 14.3. The average molecular weight is 264 g/mol. The summed E-state index contributed by atoms with van der Waals surface area (Å²) in [6.45, 7) is 4.91. The lowest BCUT2D eigenvalue weighted by Gasteiger charge is -2.28. The van der Waals surface area contributed by atoms with E-state index < -0.39 is 5.41 Å². The molecule has 0 heterocycles. The van der Waals surface area contributed by atoms with Crippen LogP contribution in [0, 0.1) is 5.41 Å². The summed E-state index contributed by atoms with van der Waals surface area (Å²) in [4.78, 5) is 12.2. The van der Waals surface area contributed by atoms with Crippen molar-refractivity contribution in [3.63, 3.8) is 0 Å². The molecule has 0 aliphatic heterocycles. The Morgan fingerprint density at radius 3 is 2.26 bits per heavy atom. The first kappa shape index (κ1) is 15.5. The van der Waals surface area contributed by atoms with Crippen LogP contribution in [-0.4, -0.2) is 19.6 Å². The van der Waals surface area contributed by atoms with Gasteiger partial charge in [0.25, 0.3) is 0 Å². The molecule has 1 aromatic carbocycles. The van der Waals surface area contributed by atoms with Crippen LogP contribution in [0.5, 0.6) is 5.75 Å². The summed E-state index contributed by atoms with van der Waals surface area (Å²) in [7, 11) is 1.63. The fourth-order valence-electron chi connectivity index (χ4n) is 2.07. The number of nitrogens with two attached hydrogens (primary N) is 1. The molecule has 0 spiro atoms. The molecule has 0 bridgehead atoms. The van der Waals surface area contributed by atoms with E-state index in [0.29, 0.717) is 13.1 Å².